The second kappa shape index (κ2) is 9.53. The number of carbonyl (C=O) groups is 2. The zero-order valence-corrected chi connectivity index (χ0v) is 15.2. The van der Waals surface area contributed by atoms with Crippen LogP contribution in [-0.4, -0.2) is 66.1 Å². The molecule has 6 nitrogen and oxygen atoms in total. The zero-order valence-electron chi connectivity index (χ0n) is 15.2. The molecule has 2 N–H and O–H groups in total. The van der Waals surface area contributed by atoms with E-state index in [1.54, 1.807) is 0 Å². The Kier molecular flexibility index (Phi) is 7.40. The van der Waals surface area contributed by atoms with Gasteiger partial charge in [-0.2, -0.15) is 0 Å². The Bertz CT molecular complexity index is 591. The first-order valence-corrected chi connectivity index (χ1v) is 8.91. The molecule has 1 heterocycles. The highest BCUT2D eigenvalue weighted by molar-refractivity contribution is 5.78. The number of likely N-dealkylation sites (tertiary alicyclic amines) is 1. The normalized spacial score (nSPS) is 18.8. The topological polar surface area (TPSA) is 72.9 Å². The van der Waals surface area contributed by atoms with Crippen LogP contribution in [0.3, 0.4) is 0 Å². The monoisotopic (exact) mass is 347 g/mol. The fourth-order valence-electron chi connectivity index (χ4n) is 3.34. The van der Waals surface area contributed by atoms with E-state index in [4.69, 9.17) is 5.11 Å². The average molecular weight is 347 g/mol. The van der Waals surface area contributed by atoms with Crippen LogP contribution in [0, 0.1) is 6.92 Å². The summed E-state index contributed by atoms with van der Waals surface area (Å²) in [7, 11) is 1.86. The number of aliphatic carboxylic acids is 1. The number of amides is 1. The van der Waals surface area contributed by atoms with Gasteiger partial charge in [-0.1, -0.05) is 24.3 Å². The fourth-order valence-corrected chi connectivity index (χ4v) is 3.34. The predicted molar refractivity (Wildman–Crippen MR) is 97.4 cm³/mol. The third-order valence-electron chi connectivity index (χ3n) is 4.90. The summed E-state index contributed by atoms with van der Waals surface area (Å²) in [6.07, 6.45) is 2.86. The van der Waals surface area contributed by atoms with Gasteiger partial charge in [0.1, 0.15) is 0 Å². The second-order valence-electron chi connectivity index (χ2n) is 6.87. The van der Waals surface area contributed by atoms with Gasteiger partial charge in [0.05, 0.1) is 13.1 Å². The fraction of sp³-hybridized carbons (Fsp3) is 0.579. The molecule has 6 heteroatoms. The molecule has 2 rings (SSSR count). The summed E-state index contributed by atoms with van der Waals surface area (Å²) < 4.78 is 0. The van der Waals surface area contributed by atoms with Crippen molar-refractivity contribution in [3.05, 3.63) is 35.4 Å². The van der Waals surface area contributed by atoms with Gasteiger partial charge >= 0.3 is 5.97 Å². The van der Waals surface area contributed by atoms with Crippen LogP contribution in [-0.2, 0) is 16.1 Å². The molecule has 138 valence electrons. The Morgan fingerprint density at radius 3 is 2.76 bits per heavy atom. The van der Waals surface area contributed by atoms with Crippen LogP contribution in [0.15, 0.2) is 24.3 Å². The number of rotatable bonds is 7. The van der Waals surface area contributed by atoms with Crippen molar-refractivity contribution in [1.82, 2.24) is 15.1 Å². The van der Waals surface area contributed by atoms with Crippen LogP contribution in [0.25, 0.3) is 0 Å². The van der Waals surface area contributed by atoms with E-state index in [-0.39, 0.29) is 18.5 Å². The van der Waals surface area contributed by atoms with E-state index in [2.05, 4.69) is 10.2 Å². The van der Waals surface area contributed by atoms with Gasteiger partial charge in [0.25, 0.3) is 0 Å². The Morgan fingerprint density at radius 2 is 2.04 bits per heavy atom. The molecule has 0 radical (unpaired) electrons. The summed E-state index contributed by atoms with van der Waals surface area (Å²) in [5.74, 6) is -0.750. The molecule has 0 bridgehead atoms. The van der Waals surface area contributed by atoms with Gasteiger partial charge in [0.2, 0.25) is 5.91 Å². The highest BCUT2D eigenvalue weighted by Crippen LogP contribution is 2.15. The van der Waals surface area contributed by atoms with Crippen LogP contribution >= 0.6 is 0 Å². The van der Waals surface area contributed by atoms with Crippen LogP contribution in [0.1, 0.15) is 30.4 Å². The lowest BCUT2D eigenvalue weighted by Gasteiger charge is -2.25. The first kappa shape index (κ1) is 19.4. The minimum atomic E-state index is -0.792. The molecular weight excluding hydrogens is 318 g/mol. The lowest BCUT2D eigenvalue weighted by atomic mass is 10.1. The number of carboxylic acid groups (broad SMARTS) is 1. The Hall–Kier alpha value is -1.92. The molecule has 1 amide bonds. The number of hydrogen-bond donors (Lipinski definition) is 2. The molecule has 0 aliphatic carbocycles. The van der Waals surface area contributed by atoms with Crippen molar-refractivity contribution in [3.8, 4) is 0 Å². The van der Waals surface area contributed by atoms with E-state index in [1.165, 1.54) is 5.56 Å². The molecule has 1 atom stereocenters. The largest absolute Gasteiger partial charge is 0.480 e. The molecule has 1 aromatic carbocycles. The van der Waals surface area contributed by atoms with Crippen molar-refractivity contribution in [1.29, 1.82) is 0 Å². The summed E-state index contributed by atoms with van der Waals surface area (Å²) in [6, 6.07) is 8.33. The zero-order chi connectivity index (χ0) is 18.2. The van der Waals surface area contributed by atoms with Crippen LogP contribution in [0.4, 0.5) is 0 Å². The molecule has 1 aliphatic heterocycles. The van der Waals surface area contributed by atoms with Gasteiger partial charge in [-0.3, -0.25) is 19.4 Å². The van der Waals surface area contributed by atoms with Gasteiger partial charge in [-0.25, -0.2) is 0 Å². The Morgan fingerprint density at radius 1 is 1.28 bits per heavy atom. The standard InChI is InChI=1S/C19H29N3O3/c1-15-6-3-4-7-16(15)12-20-18(23)13-22-10-5-8-17(9-11-22)21(2)14-19(24)25/h3-4,6-7,17H,5,8-14H2,1-2H3,(H,20,23)(H,24,25). The van der Waals surface area contributed by atoms with Gasteiger partial charge in [-0.05, 0) is 50.9 Å². The maximum Gasteiger partial charge on any atom is 0.317 e. The molecule has 1 aliphatic rings. The van der Waals surface area contributed by atoms with Gasteiger partial charge in [-0.15, -0.1) is 0 Å². The number of aryl methyl sites for hydroxylation is 1. The Balaban J connectivity index is 1.76. The van der Waals surface area contributed by atoms with Crippen LogP contribution < -0.4 is 5.32 Å². The maximum atomic E-state index is 12.2. The molecular formula is C19H29N3O3. The first-order valence-electron chi connectivity index (χ1n) is 8.91. The molecule has 25 heavy (non-hydrogen) atoms. The van der Waals surface area contributed by atoms with Crippen molar-refractivity contribution in [2.45, 2.75) is 38.8 Å². The molecule has 0 saturated carbocycles. The summed E-state index contributed by atoms with van der Waals surface area (Å²) in [6.45, 7) is 4.79. The second-order valence-corrected chi connectivity index (χ2v) is 6.87. The lowest BCUT2D eigenvalue weighted by molar-refractivity contribution is -0.138. The number of hydrogen-bond acceptors (Lipinski definition) is 4. The van der Waals surface area contributed by atoms with Crippen molar-refractivity contribution < 1.29 is 14.7 Å². The quantitative estimate of drug-likeness (QED) is 0.782. The third kappa shape index (κ3) is 6.48. The SMILES string of the molecule is Cc1ccccc1CNC(=O)CN1CCCC(N(C)CC(=O)O)CC1. The van der Waals surface area contributed by atoms with Crippen molar-refractivity contribution in [2.24, 2.45) is 0 Å². The minimum absolute atomic E-state index is 0.0422. The summed E-state index contributed by atoms with van der Waals surface area (Å²) in [5, 5.41) is 11.9. The molecule has 0 spiro atoms. The maximum absolute atomic E-state index is 12.2. The number of benzene rings is 1. The number of nitrogens with zero attached hydrogens (tertiary/aromatic N) is 2. The molecule has 1 fully saturated rings. The average Bonchev–Trinajstić information content (AvgIpc) is 2.79. The van der Waals surface area contributed by atoms with Crippen molar-refractivity contribution >= 4 is 11.9 Å². The summed E-state index contributed by atoms with van der Waals surface area (Å²) >= 11 is 0. The summed E-state index contributed by atoms with van der Waals surface area (Å²) in [4.78, 5) is 27.2. The third-order valence-corrected chi connectivity index (χ3v) is 4.90. The molecule has 0 aromatic heterocycles. The van der Waals surface area contributed by atoms with E-state index >= 15 is 0 Å². The molecule has 1 aromatic rings. The van der Waals surface area contributed by atoms with E-state index in [1.807, 2.05) is 43.1 Å². The van der Waals surface area contributed by atoms with E-state index in [9.17, 15) is 9.59 Å². The van der Waals surface area contributed by atoms with E-state index in [0.717, 1.165) is 37.9 Å². The van der Waals surface area contributed by atoms with Gasteiger partial charge in [0.15, 0.2) is 0 Å². The van der Waals surface area contributed by atoms with E-state index < -0.39 is 5.97 Å². The van der Waals surface area contributed by atoms with Gasteiger partial charge < -0.3 is 10.4 Å². The summed E-state index contributed by atoms with van der Waals surface area (Å²) in [5.41, 5.74) is 2.32. The van der Waals surface area contributed by atoms with Crippen LogP contribution in [0.5, 0.6) is 0 Å². The van der Waals surface area contributed by atoms with Crippen LogP contribution in [0.2, 0.25) is 0 Å². The van der Waals surface area contributed by atoms with Crippen molar-refractivity contribution in [2.75, 3.05) is 33.2 Å². The highest BCUT2D eigenvalue weighted by atomic mass is 16.4. The number of likely N-dealkylation sites (N-methyl/N-ethyl adjacent to an activating group) is 1. The Labute approximate surface area is 149 Å². The highest BCUT2D eigenvalue weighted by Gasteiger charge is 2.22. The first-order chi connectivity index (χ1) is 12.0. The predicted octanol–water partition coefficient (Wildman–Crippen LogP) is 1.48. The van der Waals surface area contributed by atoms with E-state index in [0.29, 0.717) is 13.1 Å². The number of carbonyl (C=O) groups excluding carboxylic acids is 1. The number of carboxylic acids is 1. The minimum Gasteiger partial charge on any atom is -0.480 e. The molecule has 1 saturated heterocycles. The smallest absolute Gasteiger partial charge is 0.317 e. The van der Waals surface area contributed by atoms with Crippen molar-refractivity contribution in [3.63, 3.8) is 0 Å². The molecule has 1 unspecified atom stereocenters. The lowest BCUT2D eigenvalue weighted by Crippen LogP contribution is -2.39. The van der Waals surface area contributed by atoms with Gasteiger partial charge in [0, 0.05) is 19.1 Å². The number of nitrogens with one attached hydrogen (secondary N) is 1.